The summed E-state index contributed by atoms with van der Waals surface area (Å²) in [5.41, 5.74) is 1.47. The molecule has 0 unspecified atom stereocenters. The average Bonchev–Trinajstić information content (AvgIpc) is 3.64. The van der Waals surface area contributed by atoms with E-state index in [4.69, 9.17) is 9.47 Å². The number of benzene rings is 2. The van der Waals surface area contributed by atoms with Crippen LogP contribution in [0.4, 0.5) is 5.69 Å². The van der Waals surface area contributed by atoms with Crippen molar-refractivity contribution < 1.29 is 23.9 Å². The van der Waals surface area contributed by atoms with Gasteiger partial charge in [0.25, 0.3) is 11.8 Å². The molecule has 0 spiro atoms. The van der Waals surface area contributed by atoms with Gasteiger partial charge < -0.3 is 25.4 Å². The van der Waals surface area contributed by atoms with E-state index in [0.717, 1.165) is 12.8 Å². The highest BCUT2D eigenvalue weighted by atomic mass is 16.5. The molecule has 170 valence electrons. The average molecular weight is 440 g/mol. The van der Waals surface area contributed by atoms with E-state index in [1.54, 1.807) is 42.5 Å². The van der Waals surface area contributed by atoms with Gasteiger partial charge in [0.2, 0.25) is 5.91 Å². The van der Waals surface area contributed by atoms with Crippen molar-refractivity contribution in [1.29, 1.82) is 0 Å². The van der Waals surface area contributed by atoms with E-state index in [1.807, 2.05) is 13.8 Å². The smallest absolute Gasteiger partial charge is 0.255 e. The Labute approximate surface area is 187 Å². The van der Waals surface area contributed by atoms with Crippen molar-refractivity contribution in [3.8, 4) is 11.5 Å². The van der Waals surface area contributed by atoms with Crippen LogP contribution in [0.2, 0.25) is 0 Å². The van der Waals surface area contributed by atoms with Crippen molar-refractivity contribution >= 4 is 23.4 Å². The lowest BCUT2D eigenvalue weighted by molar-refractivity contribution is -0.122. The standard InChI is InChI=1S/C24H29N3O5/c1-3-31-20-12-9-18(15-21(20)32-4-2)24(30)27-19-10-7-17(8-11-19)23(29)26-14-13-25-22(28)16-5-6-16/h7-12,15-16H,3-6,13-14H2,1-2H3,(H,25,28)(H,26,29)(H,27,30). The normalized spacial score (nSPS) is 12.6. The molecule has 0 aromatic heterocycles. The molecule has 3 rings (SSSR count). The number of nitrogens with one attached hydrogen (secondary N) is 3. The van der Waals surface area contributed by atoms with E-state index < -0.39 is 0 Å². The molecule has 1 saturated carbocycles. The second kappa shape index (κ2) is 11.2. The number of hydrogen-bond acceptors (Lipinski definition) is 5. The van der Waals surface area contributed by atoms with Crippen molar-refractivity contribution in [3.05, 3.63) is 53.6 Å². The molecule has 1 fully saturated rings. The fourth-order valence-corrected chi connectivity index (χ4v) is 3.05. The number of carbonyl (C=O) groups excluding carboxylic acids is 3. The summed E-state index contributed by atoms with van der Waals surface area (Å²) >= 11 is 0. The third-order valence-electron chi connectivity index (χ3n) is 4.87. The Morgan fingerprint density at radius 3 is 2.09 bits per heavy atom. The second-order valence-corrected chi connectivity index (χ2v) is 7.38. The van der Waals surface area contributed by atoms with Crippen molar-refractivity contribution in [2.75, 3.05) is 31.6 Å². The second-order valence-electron chi connectivity index (χ2n) is 7.38. The van der Waals surface area contributed by atoms with Crippen molar-refractivity contribution in [3.63, 3.8) is 0 Å². The van der Waals surface area contributed by atoms with Gasteiger partial charge in [0.1, 0.15) is 0 Å². The highest BCUT2D eigenvalue weighted by molar-refractivity contribution is 6.05. The molecule has 0 bridgehead atoms. The minimum Gasteiger partial charge on any atom is -0.490 e. The molecule has 1 aliphatic carbocycles. The molecule has 8 heteroatoms. The van der Waals surface area contributed by atoms with Crippen LogP contribution in [0.1, 0.15) is 47.4 Å². The number of rotatable bonds is 11. The van der Waals surface area contributed by atoms with Crippen molar-refractivity contribution in [1.82, 2.24) is 10.6 Å². The van der Waals surface area contributed by atoms with Crippen LogP contribution >= 0.6 is 0 Å². The molecular weight excluding hydrogens is 410 g/mol. The molecular formula is C24H29N3O5. The first-order valence-corrected chi connectivity index (χ1v) is 10.9. The molecule has 0 heterocycles. The van der Waals surface area contributed by atoms with Gasteiger partial charge in [-0.25, -0.2) is 0 Å². The SMILES string of the molecule is CCOc1ccc(C(=O)Nc2ccc(C(=O)NCCNC(=O)C3CC3)cc2)cc1OCC. The third-order valence-corrected chi connectivity index (χ3v) is 4.87. The first kappa shape index (κ1) is 23.1. The largest absolute Gasteiger partial charge is 0.490 e. The van der Waals surface area contributed by atoms with Gasteiger partial charge in [-0.3, -0.25) is 14.4 Å². The summed E-state index contributed by atoms with van der Waals surface area (Å²) in [6.07, 6.45) is 1.90. The molecule has 8 nitrogen and oxygen atoms in total. The zero-order chi connectivity index (χ0) is 22.9. The Balaban J connectivity index is 1.52. The Kier molecular flexibility index (Phi) is 8.08. The van der Waals surface area contributed by atoms with Gasteiger partial charge in [-0.15, -0.1) is 0 Å². The van der Waals surface area contributed by atoms with Crippen molar-refractivity contribution in [2.24, 2.45) is 5.92 Å². The van der Waals surface area contributed by atoms with E-state index in [2.05, 4.69) is 16.0 Å². The minimum absolute atomic E-state index is 0.0558. The summed E-state index contributed by atoms with van der Waals surface area (Å²) in [6.45, 7) is 5.47. The van der Waals surface area contributed by atoms with Gasteiger partial charge in [-0.1, -0.05) is 0 Å². The summed E-state index contributed by atoms with van der Waals surface area (Å²) < 4.78 is 11.1. The fourth-order valence-electron chi connectivity index (χ4n) is 3.05. The molecule has 3 N–H and O–H groups in total. The zero-order valence-electron chi connectivity index (χ0n) is 18.4. The van der Waals surface area contributed by atoms with Crippen molar-refractivity contribution in [2.45, 2.75) is 26.7 Å². The van der Waals surface area contributed by atoms with Gasteiger partial charge in [0.05, 0.1) is 13.2 Å². The lowest BCUT2D eigenvalue weighted by atomic mass is 10.1. The maximum Gasteiger partial charge on any atom is 0.255 e. The van der Waals surface area contributed by atoms with Gasteiger partial charge in [0.15, 0.2) is 11.5 Å². The number of carbonyl (C=O) groups is 3. The van der Waals surface area contributed by atoms with Crippen LogP contribution in [0.15, 0.2) is 42.5 Å². The molecule has 32 heavy (non-hydrogen) atoms. The summed E-state index contributed by atoms with van der Waals surface area (Å²) in [5, 5.41) is 8.38. The topological polar surface area (TPSA) is 106 Å². The summed E-state index contributed by atoms with van der Waals surface area (Å²) in [5.74, 6) is 0.784. The molecule has 0 aliphatic heterocycles. The number of anilines is 1. The molecule has 2 aromatic rings. The fraction of sp³-hybridized carbons (Fsp3) is 0.375. The Morgan fingerprint density at radius 2 is 1.44 bits per heavy atom. The predicted molar refractivity (Wildman–Crippen MR) is 121 cm³/mol. The molecule has 1 aliphatic rings. The van der Waals surface area contributed by atoms with Gasteiger partial charge >= 0.3 is 0 Å². The van der Waals surface area contributed by atoms with E-state index in [9.17, 15) is 14.4 Å². The highest BCUT2D eigenvalue weighted by Crippen LogP contribution is 2.29. The van der Waals surface area contributed by atoms with Gasteiger partial charge in [-0.05, 0) is 69.2 Å². The van der Waals surface area contributed by atoms with E-state index >= 15 is 0 Å². The lowest BCUT2D eigenvalue weighted by Crippen LogP contribution is -2.35. The number of amides is 3. The Morgan fingerprint density at radius 1 is 0.812 bits per heavy atom. The van der Waals surface area contributed by atoms with Crippen LogP contribution in [0, 0.1) is 5.92 Å². The number of ether oxygens (including phenoxy) is 2. The van der Waals surface area contributed by atoms with Gasteiger partial charge in [-0.2, -0.15) is 0 Å². The first-order chi connectivity index (χ1) is 15.5. The van der Waals surface area contributed by atoms with Crippen LogP contribution in [-0.4, -0.2) is 44.0 Å². The van der Waals surface area contributed by atoms with Crippen LogP contribution in [0.3, 0.4) is 0 Å². The van der Waals surface area contributed by atoms with Crippen LogP contribution in [0.5, 0.6) is 11.5 Å². The monoisotopic (exact) mass is 439 g/mol. The van der Waals surface area contributed by atoms with Crippen LogP contribution < -0.4 is 25.4 Å². The van der Waals surface area contributed by atoms with E-state index in [-0.39, 0.29) is 23.6 Å². The minimum atomic E-state index is -0.294. The maximum absolute atomic E-state index is 12.6. The first-order valence-electron chi connectivity index (χ1n) is 10.9. The number of hydrogen-bond donors (Lipinski definition) is 3. The maximum atomic E-state index is 12.6. The van der Waals surface area contributed by atoms with Gasteiger partial charge in [0, 0.05) is 35.8 Å². The third kappa shape index (κ3) is 6.47. The molecule has 3 amide bonds. The van der Waals surface area contributed by atoms with Crippen LogP contribution in [-0.2, 0) is 4.79 Å². The Bertz CT molecular complexity index is 955. The summed E-state index contributed by atoms with van der Waals surface area (Å²) in [6, 6.07) is 11.6. The van der Waals surface area contributed by atoms with E-state index in [0.29, 0.717) is 54.6 Å². The molecule has 2 aromatic carbocycles. The molecule has 0 saturated heterocycles. The summed E-state index contributed by atoms with van der Waals surface area (Å²) in [7, 11) is 0. The van der Waals surface area contributed by atoms with E-state index in [1.165, 1.54) is 0 Å². The quantitative estimate of drug-likeness (QED) is 0.467. The lowest BCUT2D eigenvalue weighted by Gasteiger charge is -2.12. The predicted octanol–water partition coefficient (Wildman–Crippen LogP) is 2.99. The highest BCUT2D eigenvalue weighted by Gasteiger charge is 2.29. The molecule has 0 atom stereocenters. The molecule has 0 radical (unpaired) electrons. The Hall–Kier alpha value is -3.55. The van der Waals surface area contributed by atoms with Crippen LogP contribution in [0.25, 0.3) is 0 Å². The summed E-state index contributed by atoms with van der Waals surface area (Å²) in [4.78, 5) is 36.4. The zero-order valence-corrected chi connectivity index (χ0v) is 18.4.